The zero-order valence-corrected chi connectivity index (χ0v) is 16.9. The zero-order chi connectivity index (χ0) is 19.7. The molecule has 2 aromatic heterocycles. The highest BCUT2D eigenvalue weighted by Gasteiger charge is 2.54. The number of aromatic nitrogens is 3. The molecule has 2 atom stereocenters. The van der Waals surface area contributed by atoms with Crippen LogP contribution >= 0.6 is 0 Å². The van der Waals surface area contributed by atoms with Crippen molar-refractivity contribution in [2.75, 3.05) is 26.2 Å². The molecule has 2 aliphatic rings. The van der Waals surface area contributed by atoms with E-state index in [4.69, 9.17) is 9.51 Å². The van der Waals surface area contributed by atoms with Crippen LogP contribution in [0.2, 0.25) is 0 Å². The molecule has 0 N–H and O–H groups in total. The Morgan fingerprint density at radius 1 is 1.03 bits per heavy atom. The number of piperidine rings is 1. The normalized spacial score (nSPS) is 25.2. The second-order valence-corrected chi connectivity index (χ2v) is 8.52. The first-order valence-corrected chi connectivity index (χ1v) is 10.4. The first kappa shape index (κ1) is 18.5. The Morgan fingerprint density at radius 2 is 1.83 bits per heavy atom. The number of fused-ring (bicyclic) bond motifs is 1. The molecule has 2 aliphatic heterocycles. The van der Waals surface area contributed by atoms with E-state index in [2.05, 4.69) is 56.3 Å². The Labute approximate surface area is 171 Å². The van der Waals surface area contributed by atoms with Gasteiger partial charge >= 0.3 is 0 Å². The molecule has 0 amide bonds. The van der Waals surface area contributed by atoms with Crippen molar-refractivity contribution in [3.63, 3.8) is 0 Å². The smallest absolute Gasteiger partial charge is 0.235 e. The molecule has 1 aromatic carbocycles. The standard InChI is InChI=1S/C23H27N5O/c1-18-25-22(29-26-18)23-16-27(13-19-6-3-2-4-7-19)11-9-21(23)15-28(17-23)14-20-8-5-10-24-12-20/h2-8,10,12,21H,9,11,13-17H2,1H3/t21-,23-/m0/s1. The second-order valence-electron chi connectivity index (χ2n) is 8.52. The Balaban J connectivity index is 1.40. The third-order valence-electron chi connectivity index (χ3n) is 6.40. The highest BCUT2D eigenvalue weighted by atomic mass is 16.5. The van der Waals surface area contributed by atoms with Gasteiger partial charge in [-0.05, 0) is 43.0 Å². The quantitative estimate of drug-likeness (QED) is 0.669. The van der Waals surface area contributed by atoms with E-state index in [1.54, 1.807) is 0 Å². The van der Waals surface area contributed by atoms with Crippen molar-refractivity contribution in [2.45, 2.75) is 31.8 Å². The Bertz CT molecular complexity index is 905. The van der Waals surface area contributed by atoms with Crippen LogP contribution in [0.3, 0.4) is 0 Å². The minimum Gasteiger partial charge on any atom is -0.339 e. The summed E-state index contributed by atoms with van der Waals surface area (Å²) in [6, 6.07) is 14.9. The zero-order valence-electron chi connectivity index (χ0n) is 16.9. The van der Waals surface area contributed by atoms with Crippen LogP contribution in [0.25, 0.3) is 0 Å². The highest BCUT2D eigenvalue weighted by Crippen LogP contribution is 2.44. The van der Waals surface area contributed by atoms with Crippen molar-refractivity contribution in [3.05, 3.63) is 77.7 Å². The number of aryl methyl sites for hydroxylation is 1. The van der Waals surface area contributed by atoms with Crippen molar-refractivity contribution in [1.82, 2.24) is 24.9 Å². The largest absolute Gasteiger partial charge is 0.339 e. The van der Waals surface area contributed by atoms with E-state index in [1.807, 2.05) is 25.4 Å². The highest BCUT2D eigenvalue weighted by molar-refractivity contribution is 5.20. The maximum atomic E-state index is 5.78. The van der Waals surface area contributed by atoms with Crippen molar-refractivity contribution in [1.29, 1.82) is 0 Å². The summed E-state index contributed by atoms with van der Waals surface area (Å²) in [5, 5.41) is 4.13. The van der Waals surface area contributed by atoms with Crippen molar-refractivity contribution in [2.24, 2.45) is 5.92 Å². The number of likely N-dealkylation sites (tertiary alicyclic amines) is 2. The average molecular weight is 390 g/mol. The van der Waals surface area contributed by atoms with Gasteiger partial charge in [0.2, 0.25) is 5.89 Å². The number of nitrogens with zero attached hydrogens (tertiary/aromatic N) is 5. The van der Waals surface area contributed by atoms with E-state index < -0.39 is 0 Å². The lowest BCUT2D eigenvalue weighted by Crippen LogP contribution is -2.51. The van der Waals surface area contributed by atoms with E-state index in [9.17, 15) is 0 Å². The summed E-state index contributed by atoms with van der Waals surface area (Å²) in [6.45, 7) is 7.86. The summed E-state index contributed by atoms with van der Waals surface area (Å²) in [5.74, 6) is 2.07. The molecular formula is C23H27N5O. The van der Waals surface area contributed by atoms with Gasteiger partial charge in [0, 0.05) is 45.1 Å². The molecule has 29 heavy (non-hydrogen) atoms. The maximum Gasteiger partial charge on any atom is 0.235 e. The van der Waals surface area contributed by atoms with Crippen LogP contribution in [0, 0.1) is 12.8 Å². The molecule has 2 saturated heterocycles. The number of benzene rings is 1. The van der Waals surface area contributed by atoms with Crippen LogP contribution in [0.15, 0.2) is 59.4 Å². The number of hydrogen-bond donors (Lipinski definition) is 0. The summed E-state index contributed by atoms with van der Waals surface area (Å²) < 4.78 is 5.78. The predicted molar refractivity (Wildman–Crippen MR) is 110 cm³/mol. The minimum atomic E-state index is -0.101. The molecule has 0 radical (unpaired) electrons. The fourth-order valence-corrected chi connectivity index (χ4v) is 5.10. The third kappa shape index (κ3) is 3.70. The number of rotatable bonds is 5. The Kier molecular flexibility index (Phi) is 4.89. The van der Waals surface area contributed by atoms with E-state index >= 15 is 0 Å². The minimum absolute atomic E-state index is 0.101. The van der Waals surface area contributed by atoms with Crippen molar-refractivity contribution < 1.29 is 4.52 Å². The third-order valence-corrected chi connectivity index (χ3v) is 6.40. The van der Waals surface area contributed by atoms with Crippen LogP contribution in [0.5, 0.6) is 0 Å². The Hall–Kier alpha value is -2.57. The van der Waals surface area contributed by atoms with Crippen LogP contribution in [0.4, 0.5) is 0 Å². The first-order chi connectivity index (χ1) is 14.2. The molecule has 0 aliphatic carbocycles. The maximum absolute atomic E-state index is 5.78. The van der Waals surface area contributed by atoms with Crippen molar-refractivity contribution in [3.8, 4) is 0 Å². The average Bonchev–Trinajstić information content (AvgIpc) is 3.33. The van der Waals surface area contributed by atoms with Gasteiger partial charge in [0.25, 0.3) is 0 Å². The van der Waals surface area contributed by atoms with E-state index in [0.29, 0.717) is 5.92 Å². The number of pyridine rings is 1. The van der Waals surface area contributed by atoms with Gasteiger partial charge in [0.05, 0.1) is 5.41 Å². The molecule has 0 saturated carbocycles. The molecular weight excluding hydrogens is 362 g/mol. The van der Waals surface area contributed by atoms with Gasteiger partial charge in [-0.15, -0.1) is 0 Å². The summed E-state index contributed by atoms with van der Waals surface area (Å²) in [6.07, 6.45) is 4.95. The second kappa shape index (κ2) is 7.69. The van der Waals surface area contributed by atoms with Crippen LogP contribution < -0.4 is 0 Å². The Morgan fingerprint density at radius 3 is 2.59 bits per heavy atom. The fraction of sp³-hybridized carbons (Fsp3) is 0.435. The topological polar surface area (TPSA) is 58.3 Å². The van der Waals surface area contributed by atoms with Gasteiger partial charge in [-0.1, -0.05) is 41.6 Å². The molecule has 150 valence electrons. The van der Waals surface area contributed by atoms with Crippen molar-refractivity contribution >= 4 is 0 Å². The van der Waals surface area contributed by atoms with Gasteiger partial charge in [-0.3, -0.25) is 14.8 Å². The van der Waals surface area contributed by atoms with Gasteiger partial charge in [0.1, 0.15) is 0 Å². The van der Waals surface area contributed by atoms with E-state index in [0.717, 1.165) is 57.4 Å². The molecule has 6 nitrogen and oxygen atoms in total. The molecule has 6 heteroatoms. The lowest BCUT2D eigenvalue weighted by molar-refractivity contribution is 0.0877. The van der Waals surface area contributed by atoms with Crippen LogP contribution in [-0.2, 0) is 18.5 Å². The van der Waals surface area contributed by atoms with Gasteiger partial charge in [-0.25, -0.2) is 0 Å². The monoisotopic (exact) mass is 389 g/mol. The van der Waals surface area contributed by atoms with E-state index in [1.165, 1.54) is 11.1 Å². The molecule has 0 spiro atoms. The molecule has 0 unspecified atom stereocenters. The summed E-state index contributed by atoms with van der Waals surface area (Å²) in [7, 11) is 0. The fourth-order valence-electron chi connectivity index (χ4n) is 5.10. The van der Waals surface area contributed by atoms with Gasteiger partial charge in [-0.2, -0.15) is 4.98 Å². The van der Waals surface area contributed by atoms with Gasteiger partial charge in [0.15, 0.2) is 5.82 Å². The predicted octanol–water partition coefficient (Wildman–Crippen LogP) is 3.05. The number of hydrogen-bond acceptors (Lipinski definition) is 6. The SMILES string of the molecule is Cc1noc([C@]23CN(Cc4ccccc4)CC[C@H]2CN(Cc2cccnc2)C3)n1. The van der Waals surface area contributed by atoms with Crippen LogP contribution in [-0.4, -0.2) is 51.1 Å². The lowest BCUT2D eigenvalue weighted by Gasteiger charge is -2.42. The molecule has 2 fully saturated rings. The summed E-state index contributed by atoms with van der Waals surface area (Å²) >= 11 is 0. The molecule has 3 aromatic rings. The summed E-state index contributed by atoms with van der Waals surface area (Å²) in [5.41, 5.74) is 2.51. The lowest BCUT2D eigenvalue weighted by atomic mass is 9.73. The van der Waals surface area contributed by atoms with Crippen LogP contribution in [0.1, 0.15) is 29.3 Å². The molecule has 4 heterocycles. The summed E-state index contributed by atoms with van der Waals surface area (Å²) in [4.78, 5) is 14.1. The van der Waals surface area contributed by atoms with Gasteiger partial charge < -0.3 is 4.52 Å². The first-order valence-electron chi connectivity index (χ1n) is 10.4. The molecule has 0 bridgehead atoms. The molecule has 5 rings (SSSR count). The van der Waals surface area contributed by atoms with E-state index in [-0.39, 0.29) is 5.41 Å².